The first-order valence-electron chi connectivity index (χ1n) is 6.38. The van der Waals surface area contributed by atoms with Crippen molar-refractivity contribution in [3.63, 3.8) is 0 Å². The average Bonchev–Trinajstić information content (AvgIpc) is 2.80. The summed E-state index contributed by atoms with van der Waals surface area (Å²) in [7, 11) is 3.38. The third-order valence-electron chi connectivity index (χ3n) is 3.13. The molecule has 0 N–H and O–H groups in total. The Morgan fingerprint density at radius 2 is 2.11 bits per heavy atom. The molecule has 0 atom stereocenters. The number of aryl methyl sites for hydroxylation is 1. The summed E-state index contributed by atoms with van der Waals surface area (Å²) < 4.78 is 12.5. The van der Waals surface area contributed by atoms with Gasteiger partial charge < -0.3 is 14.0 Å². The van der Waals surface area contributed by atoms with E-state index >= 15 is 0 Å². The zero-order valence-electron chi connectivity index (χ0n) is 11.4. The second-order valence-electron chi connectivity index (χ2n) is 4.37. The van der Waals surface area contributed by atoms with Crippen LogP contribution in [0.2, 0.25) is 0 Å². The van der Waals surface area contributed by atoms with Crippen LogP contribution < -0.4 is 4.74 Å². The van der Waals surface area contributed by atoms with Crippen molar-refractivity contribution in [3.8, 4) is 5.75 Å². The lowest BCUT2D eigenvalue weighted by Crippen LogP contribution is -2.03. The summed E-state index contributed by atoms with van der Waals surface area (Å²) in [5.74, 6) is 2.14. The summed E-state index contributed by atoms with van der Waals surface area (Å²) in [6.45, 7) is 1.70. The SMILES string of the molecule is COCCCCn1c(CCl)nc2cc(OC)ccc21. The molecule has 0 saturated carbocycles. The normalized spacial score (nSPS) is 11.1. The molecular formula is C14H19ClN2O2. The average molecular weight is 283 g/mol. The third-order valence-corrected chi connectivity index (χ3v) is 3.37. The van der Waals surface area contributed by atoms with Gasteiger partial charge in [0.25, 0.3) is 0 Å². The van der Waals surface area contributed by atoms with Gasteiger partial charge in [0, 0.05) is 26.3 Å². The minimum atomic E-state index is 0.418. The van der Waals surface area contributed by atoms with E-state index in [1.807, 2.05) is 18.2 Å². The molecule has 0 bridgehead atoms. The van der Waals surface area contributed by atoms with E-state index in [4.69, 9.17) is 21.1 Å². The Bertz CT molecular complexity index is 539. The van der Waals surface area contributed by atoms with Crippen LogP contribution in [-0.2, 0) is 17.2 Å². The Morgan fingerprint density at radius 3 is 2.79 bits per heavy atom. The molecule has 0 saturated heterocycles. The summed E-state index contributed by atoms with van der Waals surface area (Å²) in [4.78, 5) is 4.56. The maximum atomic E-state index is 5.98. The molecule has 1 aromatic carbocycles. The molecular weight excluding hydrogens is 264 g/mol. The summed E-state index contributed by atoms with van der Waals surface area (Å²) in [5, 5.41) is 0. The second-order valence-corrected chi connectivity index (χ2v) is 4.64. The fourth-order valence-corrected chi connectivity index (χ4v) is 2.36. The van der Waals surface area contributed by atoms with Gasteiger partial charge in [-0.3, -0.25) is 0 Å². The summed E-state index contributed by atoms with van der Waals surface area (Å²) in [6.07, 6.45) is 2.09. The molecule has 0 spiro atoms. The molecule has 1 heterocycles. The van der Waals surface area contributed by atoms with Gasteiger partial charge in [-0.2, -0.15) is 0 Å². The lowest BCUT2D eigenvalue weighted by Gasteiger charge is -2.07. The number of hydrogen-bond donors (Lipinski definition) is 0. The molecule has 0 unspecified atom stereocenters. The first-order valence-corrected chi connectivity index (χ1v) is 6.91. The number of aromatic nitrogens is 2. The van der Waals surface area contributed by atoms with Crippen LogP contribution in [0.4, 0.5) is 0 Å². The highest BCUT2D eigenvalue weighted by atomic mass is 35.5. The number of methoxy groups -OCH3 is 2. The summed E-state index contributed by atoms with van der Waals surface area (Å²) in [5.41, 5.74) is 2.04. The van der Waals surface area contributed by atoms with E-state index < -0.39 is 0 Å². The summed E-state index contributed by atoms with van der Waals surface area (Å²) in [6, 6.07) is 5.93. The Morgan fingerprint density at radius 1 is 1.26 bits per heavy atom. The van der Waals surface area contributed by atoms with E-state index in [9.17, 15) is 0 Å². The van der Waals surface area contributed by atoms with Crippen molar-refractivity contribution in [1.82, 2.24) is 9.55 Å². The number of ether oxygens (including phenoxy) is 2. The van der Waals surface area contributed by atoms with E-state index in [0.29, 0.717) is 5.88 Å². The number of fused-ring (bicyclic) bond motifs is 1. The maximum Gasteiger partial charge on any atom is 0.124 e. The van der Waals surface area contributed by atoms with Crippen molar-refractivity contribution in [2.24, 2.45) is 0 Å². The van der Waals surface area contributed by atoms with Crippen LogP contribution in [0, 0.1) is 0 Å². The molecule has 0 amide bonds. The van der Waals surface area contributed by atoms with Crippen molar-refractivity contribution >= 4 is 22.6 Å². The van der Waals surface area contributed by atoms with Gasteiger partial charge in [-0.05, 0) is 25.0 Å². The lowest BCUT2D eigenvalue weighted by atomic mass is 10.2. The maximum absolute atomic E-state index is 5.98. The quantitative estimate of drug-likeness (QED) is 0.578. The van der Waals surface area contributed by atoms with E-state index in [0.717, 1.165) is 48.6 Å². The van der Waals surface area contributed by atoms with Gasteiger partial charge in [0.1, 0.15) is 11.6 Å². The zero-order chi connectivity index (χ0) is 13.7. The van der Waals surface area contributed by atoms with Crippen LogP contribution in [0.25, 0.3) is 11.0 Å². The second kappa shape index (κ2) is 6.78. The highest BCUT2D eigenvalue weighted by Crippen LogP contribution is 2.23. The number of nitrogens with zero attached hydrogens (tertiary/aromatic N) is 2. The van der Waals surface area contributed by atoms with Gasteiger partial charge in [0.2, 0.25) is 0 Å². The number of alkyl halides is 1. The highest BCUT2D eigenvalue weighted by Gasteiger charge is 2.10. The van der Waals surface area contributed by atoms with Gasteiger partial charge >= 0.3 is 0 Å². The van der Waals surface area contributed by atoms with Crippen molar-refractivity contribution in [3.05, 3.63) is 24.0 Å². The van der Waals surface area contributed by atoms with Crippen molar-refractivity contribution < 1.29 is 9.47 Å². The Kier molecular flexibility index (Phi) is 5.05. The van der Waals surface area contributed by atoms with Gasteiger partial charge in [-0.15, -0.1) is 11.6 Å². The van der Waals surface area contributed by atoms with Gasteiger partial charge in [0.05, 0.1) is 24.0 Å². The molecule has 1 aromatic heterocycles. The minimum Gasteiger partial charge on any atom is -0.497 e. The molecule has 0 radical (unpaired) electrons. The molecule has 5 heteroatoms. The molecule has 2 aromatic rings. The Balaban J connectivity index is 2.24. The number of imidazole rings is 1. The highest BCUT2D eigenvalue weighted by molar-refractivity contribution is 6.16. The molecule has 0 aliphatic rings. The molecule has 19 heavy (non-hydrogen) atoms. The van der Waals surface area contributed by atoms with Gasteiger partial charge in [-0.1, -0.05) is 0 Å². The standard InChI is InChI=1S/C14H19ClN2O2/c1-18-8-4-3-7-17-13-6-5-11(19-2)9-12(13)16-14(17)10-15/h5-6,9H,3-4,7-8,10H2,1-2H3. The monoisotopic (exact) mass is 282 g/mol. The van der Waals surface area contributed by atoms with E-state index in [-0.39, 0.29) is 0 Å². The molecule has 0 fully saturated rings. The molecule has 0 aliphatic heterocycles. The number of benzene rings is 1. The first-order chi connectivity index (χ1) is 9.30. The van der Waals surface area contributed by atoms with Crippen molar-refractivity contribution in [2.45, 2.75) is 25.3 Å². The van der Waals surface area contributed by atoms with Gasteiger partial charge in [-0.25, -0.2) is 4.98 Å². The smallest absolute Gasteiger partial charge is 0.124 e. The fraction of sp³-hybridized carbons (Fsp3) is 0.500. The van der Waals surface area contributed by atoms with Crippen LogP contribution >= 0.6 is 11.6 Å². The summed E-state index contributed by atoms with van der Waals surface area (Å²) >= 11 is 5.98. The minimum absolute atomic E-state index is 0.418. The van der Waals surface area contributed by atoms with Crippen LogP contribution in [-0.4, -0.2) is 30.4 Å². The number of hydrogen-bond acceptors (Lipinski definition) is 3. The number of rotatable bonds is 7. The largest absolute Gasteiger partial charge is 0.497 e. The van der Waals surface area contributed by atoms with Crippen LogP contribution in [0.15, 0.2) is 18.2 Å². The first kappa shape index (κ1) is 14.2. The van der Waals surface area contributed by atoms with E-state index in [1.165, 1.54) is 0 Å². The van der Waals surface area contributed by atoms with Gasteiger partial charge in [0.15, 0.2) is 0 Å². The Labute approximate surface area is 118 Å². The molecule has 2 rings (SSSR count). The van der Waals surface area contributed by atoms with E-state index in [1.54, 1.807) is 14.2 Å². The van der Waals surface area contributed by atoms with Crippen molar-refractivity contribution in [2.75, 3.05) is 20.8 Å². The van der Waals surface area contributed by atoms with Crippen LogP contribution in [0.3, 0.4) is 0 Å². The predicted molar refractivity (Wildman–Crippen MR) is 77.0 cm³/mol. The topological polar surface area (TPSA) is 36.3 Å². The number of halogens is 1. The zero-order valence-corrected chi connectivity index (χ0v) is 12.1. The number of unbranched alkanes of at least 4 members (excludes halogenated alkanes) is 1. The van der Waals surface area contributed by atoms with Crippen LogP contribution in [0.1, 0.15) is 18.7 Å². The van der Waals surface area contributed by atoms with Crippen molar-refractivity contribution in [1.29, 1.82) is 0 Å². The third kappa shape index (κ3) is 3.19. The predicted octanol–water partition coefficient (Wildman–Crippen LogP) is 3.21. The lowest BCUT2D eigenvalue weighted by molar-refractivity contribution is 0.191. The molecule has 104 valence electrons. The fourth-order valence-electron chi connectivity index (χ4n) is 2.15. The Hall–Kier alpha value is -1.26. The molecule has 4 nitrogen and oxygen atoms in total. The van der Waals surface area contributed by atoms with E-state index in [2.05, 4.69) is 9.55 Å². The molecule has 0 aliphatic carbocycles. The van der Waals surface area contributed by atoms with Crippen LogP contribution in [0.5, 0.6) is 5.75 Å².